The molecular formula is C16H31N3. The van der Waals surface area contributed by atoms with Crippen LogP contribution in [0.1, 0.15) is 40.5 Å². The molecule has 0 unspecified atom stereocenters. The van der Waals surface area contributed by atoms with Crippen LogP contribution >= 0.6 is 0 Å². The standard InChI is InChI=1S/C16H31N3/c1-15-5-7-17(8-6-15)9-10-18-11-13-19(14-12-18)16(2,3)4/h11,13,15H,5-10,12,14H2,1-4H3. The van der Waals surface area contributed by atoms with Gasteiger partial charge in [0.2, 0.25) is 0 Å². The van der Waals surface area contributed by atoms with E-state index in [0.29, 0.717) is 0 Å². The Hall–Kier alpha value is -0.700. The molecule has 0 aromatic heterocycles. The van der Waals surface area contributed by atoms with Gasteiger partial charge in [-0.25, -0.2) is 0 Å². The third-order valence-electron chi connectivity index (χ3n) is 4.53. The number of piperidine rings is 1. The minimum atomic E-state index is 0.256. The molecule has 0 amide bonds. The molecule has 2 heterocycles. The monoisotopic (exact) mass is 265 g/mol. The molecule has 2 rings (SSSR count). The molecule has 0 radical (unpaired) electrons. The second kappa shape index (κ2) is 6.17. The van der Waals surface area contributed by atoms with Gasteiger partial charge in [0, 0.05) is 44.1 Å². The summed E-state index contributed by atoms with van der Waals surface area (Å²) in [7, 11) is 0. The minimum absolute atomic E-state index is 0.256. The summed E-state index contributed by atoms with van der Waals surface area (Å²) in [5.41, 5.74) is 0.256. The van der Waals surface area contributed by atoms with E-state index < -0.39 is 0 Å². The van der Waals surface area contributed by atoms with E-state index in [1.165, 1.54) is 39.0 Å². The van der Waals surface area contributed by atoms with Gasteiger partial charge in [-0.05, 0) is 52.6 Å². The Bertz CT molecular complexity index is 298. The van der Waals surface area contributed by atoms with Crippen molar-refractivity contribution in [2.24, 2.45) is 5.92 Å². The normalized spacial score (nSPS) is 23.2. The summed E-state index contributed by atoms with van der Waals surface area (Å²) in [5.74, 6) is 0.937. The van der Waals surface area contributed by atoms with Crippen molar-refractivity contribution >= 4 is 0 Å². The fourth-order valence-corrected chi connectivity index (χ4v) is 2.86. The lowest BCUT2D eigenvalue weighted by Gasteiger charge is -2.40. The summed E-state index contributed by atoms with van der Waals surface area (Å²) in [6.45, 7) is 16.5. The third kappa shape index (κ3) is 4.41. The van der Waals surface area contributed by atoms with Crippen LogP contribution in [0.15, 0.2) is 12.4 Å². The van der Waals surface area contributed by atoms with Crippen LogP contribution in [0.2, 0.25) is 0 Å². The van der Waals surface area contributed by atoms with Crippen LogP contribution in [0.4, 0.5) is 0 Å². The van der Waals surface area contributed by atoms with Crippen LogP contribution in [0.25, 0.3) is 0 Å². The third-order valence-corrected chi connectivity index (χ3v) is 4.53. The second-order valence-electron chi connectivity index (χ2n) is 7.22. The highest BCUT2D eigenvalue weighted by atomic mass is 15.3. The van der Waals surface area contributed by atoms with Gasteiger partial charge in [-0.3, -0.25) is 0 Å². The van der Waals surface area contributed by atoms with Gasteiger partial charge < -0.3 is 14.7 Å². The summed E-state index contributed by atoms with van der Waals surface area (Å²) >= 11 is 0. The molecule has 0 aliphatic carbocycles. The molecule has 0 aromatic carbocycles. The van der Waals surface area contributed by atoms with E-state index in [2.05, 4.69) is 54.8 Å². The average molecular weight is 265 g/mol. The SMILES string of the molecule is CC1CCN(CCN2C=CN(C(C)(C)C)CC2)CC1. The Balaban J connectivity index is 1.71. The van der Waals surface area contributed by atoms with Crippen molar-refractivity contribution in [3.8, 4) is 0 Å². The van der Waals surface area contributed by atoms with Crippen molar-refractivity contribution in [3.05, 3.63) is 12.4 Å². The Labute approximate surface area is 119 Å². The predicted octanol–water partition coefficient (Wildman–Crippen LogP) is 2.61. The molecule has 1 fully saturated rings. The van der Waals surface area contributed by atoms with Gasteiger partial charge in [0.1, 0.15) is 0 Å². The van der Waals surface area contributed by atoms with Crippen LogP contribution in [0.3, 0.4) is 0 Å². The first-order valence-corrected chi connectivity index (χ1v) is 7.86. The van der Waals surface area contributed by atoms with Gasteiger partial charge in [0.15, 0.2) is 0 Å². The zero-order chi connectivity index (χ0) is 13.9. The summed E-state index contributed by atoms with van der Waals surface area (Å²) in [4.78, 5) is 7.54. The van der Waals surface area contributed by atoms with Crippen molar-refractivity contribution in [2.45, 2.75) is 46.1 Å². The number of hydrogen-bond acceptors (Lipinski definition) is 3. The zero-order valence-electron chi connectivity index (χ0n) is 13.2. The van der Waals surface area contributed by atoms with Gasteiger partial charge in [-0.1, -0.05) is 6.92 Å². The van der Waals surface area contributed by atoms with E-state index in [1.807, 2.05) is 0 Å². The highest BCUT2D eigenvalue weighted by Gasteiger charge is 2.21. The molecule has 19 heavy (non-hydrogen) atoms. The lowest BCUT2D eigenvalue weighted by atomic mass is 9.99. The lowest BCUT2D eigenvalue weighted by Crippen LogP contribution is -2.46. The number of likely N-dealkylation sites (tertiary alicyclic amines) is 1. The largest absolute Gasteiger partial charge is 0.373 e. The maximum absolute atomic E-state index is 2.63. The van der Waals surface area contributed by atoms with Crippen molar-refractivity contribution in [3.63, 3.8) is 0 Å². The molecule has 2 aliphatic rings. The first-order chi connectivity index (χ1) is 8.95. The molecule has 0 saturated carbocycles. The van der Waals surface area contributed by atoms with E-state index in [1.54, 1.807) is 0 Å². The Morgan fingerprint density at radius 2 is 1.63 bits per heavy atom. The van der Waals surface area contributed by atoms with Crippen LogP contribution < -0.4 is 0 Å². The van der Waals surface area contributed by atoms with Crippen LogP contribution in [0.5, 0.6) is 0 Å². The average Bonchev–Trinajstić information content (AvgIpc) is 2.37. The van der Waals surface area contributed by atoms with Gasteiger partial charge in [-0.15, -0.1) is 0 Å². The van der Waals surface area contributed by atoms with E-state index in [-0.39, 0.29) is 5.54 Å². The number of rotatable bonds is 3. The second-order valence-corrected chi connectivity index (χ2v) is 7.22. The van der Waals surface area contributed by atoms with Crippen molar-refractivity contribution in [1.82, 2.24) is 14.7 Å². The quantitative estimate of drug-likeness (QED) is 0.776. The van der Waals surface area contributed by atoms with Gasteiger partial charge in [0.25, 0.3) is 0 Å². The van der Waals surface area contributed by atoms with E-state index in [4.69, 9.17) is 0 Å². The molecule has 0 atom stereocenters. The molecule has 0 N–H and O–H groups in total. The molecule has 1 saturated heterocycles. The molecule has 0 spiro atoms. The molecule has 3 heteroatoms. The van der Waals surface area contributed by atoms with Gasteiger partial charge >= 0.3 is 0 Å². The smallest absolute Gasteiger partial charge is 0.0354 e. The molecular weight excluding hydrogens is 234 g/mol. The zero-order valence-corrected chi connectivity index (χ0v) is 13.2. The van der Waals surface area contributed by atoms with Crippen molar-refractivity contribution in [2.75, 3.05) is 39.3 Å². The lowest BCUT2D eigenvalue weighted by molar-refractivity contribution is 0.142. The first-order valence-electron chi connectivity index (χ1n) is 7.86. The fraction of sp³-hybridized carbons (Fsp3) is 0.875. The molecule has 2 aliphatic heterocycles. The van der Waals surface area contributed by atoms with Crippen LogP contribution in [0, 0.1) is 5.92 Å². The van der Waals surface area contributed by atoms with Crippen LogP contribution in [-0.2, 0) is 0 Å². The molecule has 3 nitrogen and oxygen atoms in total. The summed E-state index contributed by atoms with van der Waals surface area (Å²) in [6, 6.07) is 0. The molecule has 0 bridgehead atoms. The Morgan fingerprint density at radius 1 is 0.947 bits per heavy atom. The summed E-state index contributed by atoms with van der Waals surface area (Å²) < 4.78 is 0. The maximum Gasteiger partial charge on any atom is 0.0354 e. The fourth-order valence-electron chi connectivity index (χ4n) is 2.86. The summed E-state index contributed by atoms with van der Waals surface area (Å²) in [5, 5.41) is 0. The highest BCUT2D eigenvalue weighted by Crippen LogP contribution is 2.18. The van der Waals surface area contributed by atoms with Gasteiger partial charge in [-0.2, -0.15) is 0 Å². The van der Waals surface area contributed by atoms with Crippen molar-refractivity contribution in [1.29, 1.82) is 0 Å². The van der Waals surface area contributed by atoms with Crippen molar-refractivity contribution < 1.29 is 0 Å². The topological polar surface area (TPSA) is 9.72 Å². The van der Waals surface area contributed by atoms with E-state index >= 15 is 0 Å². The van der Waals surface area contributed by atoms with E-state index in [0.717, 1.165) is 19.0 Å². The maximum atomic E-state index is 2.63. The van der Waals surface area contributed by atoms with Gasteiger partial charge in [0.05, 0.1) is 0 Å². The van der Waals surface area contributed by atoms with Crippen LogP contribution in [-0.4, -0.2) is 59.5 Å². The molecule has 0 aromatic rings. The Kier molecular flexibility index (Phi) is 4.77. The number of nitrogens with zero attached hydrogens (tertiary/aromatic N) is 3. The summed E-state index contributed by atoms with van der Waals surface area (Å²) in [6.07, 6.45) is 7.31. The molecule has 110 valence electrons. The predicted molar refractivity (Wildman–Crippen MR) is 82.0 cm³/mol. The highest BCUT2D eigenvalue weighted by molar-refractivity contribution is 4.95. The first kappa shape index (κ1) is 14.7. The van der Waals surface area contributed by atoms with E-state index in [9.17, 15) is 0 Å². The Morgan fingerprint density at radius 3 is 2.16 bits per heavy atom. The minimum Gasteiger partial charge on any atom is -0.373 e. The number of hydrogen-bond donors (Lipinski definition) is 0.